The van der Waals surface area contributed by atoms with Crippen LogP contribution in [0.4, 0.5) is 11.8 Å². The number of aliphatic hydroxyl groups excluding tert-OH is 1. The molecule has 1 amide bonds. The molecule has 1 saturated heterocycles. The molecule has 32 heavy (non-hydrogen) atoms. The standard InChI is InChI=1S/C21H27Cl3N6O2/c1-12(14-5-4-13(22)8-15(14)23)26-20-16(24)9-25-21(28-20)30-7-6-17(18(31)10-30)27-19(32)11-29(2)3/h4-5,8-9,12,17-18,31H,6-7,10-11H2,1-3H3,(H,27,32)(H,25,26,28)/t12-,17+,18+/m1/s1. The number of carbonyl (C=O) groups excluding carboxylic acids is 1. The molecule has 1 aliphatic heterocycles. The van der Waals surface area contributed by atoms with Crippen molar-refractivity contribution in [2.75, 3.05) is 43.9 Å². The zero-order valence-electron chi connectivity index (χ0n) is 18.1. The maximum atomic E-state index is 12.0. The van der Waals surface area contributed by atoms with Crippen molar-refractivity contribution < 1.29 is 9.90 Å². The number of hydrogen-bond acceptors (Lipinski definition) is 7. The van der Waals surface area contributed by atoms with Crippen molar-refractivity contribution in [3.8, 4) is 0 Å². The largest absolute Gasteiger partial charge is 0.389 e. The SMILES string of the molecule is C[C@@H](Nc1nc(N2CC[C@H](NC(=O)CN(C)C)[C@@H](O)C2)ncc1Cl)c1ccc(Cl)cc1Cl. The fourth-order valence-electron chi connectivity index (χ4n) is 3.57. The average Bonchev–Trinajstić information content (AvgIpc) is 2.70. The van der Waals surface area contributed by atoms with Crippen LogP contribution in [-0.2, 0) is 4.79 Å². The molecule has 0 spiro atoms. The third-order valence-electron chi connectivity index (χ3n) is 5.18. The Morgan fingerprint density at radius 3 is 2.72 bits per heavy atom. The maximum absolute atomic E-state index is 12.0. The van der Waals surface area contributed by atoms with E-state index < -0.39 is 6.10 Å². The molecule has 1 aromatic heterocycles. The van der Waals surface area contributed by atoms with E-state index in [4.69, 9.17) is 34.8 Å². The molecule has 3 atom stereocenters. The van der Waals surface area contributed by atoms with Crippen LogP contribution in [0.2, 0.25) is 15.1 Å². The quantitative estimate of drug-likeness (QED) is 0.536. The molecule has 11 heteroatoms. The van der Waals surface area contributed by atoms with E-state index in [0.29, 0.717) is 46.3 Å². The molecule has 8 nitrogen and oxygen atoms in total. The van der Waals surface area contributed by atoms with Crippen LogP contribution in [0.3, 0.4) is 0 Å². The Morgan fingerprint density at radius 1 is 1.31 bits per heavy atom. The highest BCUT2D eigenvalue weighted by Crippen LogP contribution is 2.31. The Hall–Kier alpha value is -1.84. The summed E-state index contributed by atoms with van der Waals surface area (Å²) in [6.07, 6.45) is 1.36. The monoisotopic (exact) mass is 500 g/mol. The summed E-state index contributed by atoms with van der Waals surface area (Å²) < 4.78 is 0. The highest BCUT2D eigenvalue weighted by molar-refractivity contribution is 6.35. The van der Waals surface area contributed by atoms with Crippen molar-refractivity contribution in [1.29, 1.82) is 0 Å². The van der Waals surface area contributed by atoms with Crippen LogP contribution in [0, 0.1) is 0 Å². The van der Waals surface area contributed by atoms with Gasteiger partial charge in [-0.3, -0.25) is 4.79 Å². The molecule has 0 aliphatic carbocycles. The Morgan fingerprint density at radius 2 is 2.06 bits per heavy atom. The van der Waals surface area contributed by atoms with Crippen LogP contribution in [0.25, 0.3) is 0 Å². The lowest BCUT2D eigenvalue weighted by Crippen LogP contribution is -2.55. The first-order valence-corrected chi connectivity index (χ1v) is 11.4. The maximum Gasteiger partial charge on any atom is 0.234 e. The molecular formula is C21H27Cl3N6O2. The molecule has 3 rings (SSSR count). The molecule has 0 bridgehead atoms. The number of aliphatic hydroxyl groups is 1. The van der Waals surface area contributed by atoms with Crippen molar-refractivity contribution in [3.05, 3.63) is 45.0 Å². The second-order valence-electron chi connectivity index (χ2n) is 8.11. The zero-order valence-corrected chi connectivity index (χ0v) is 20.4. The van der Waals surface area contributed by atoms with Gasteiger partial charge in [-0.2, -0.15) is 4.98 Å². The lowest BCUT2D eigenvalue weighted by molar-refractivity contribution is -0.123. The van der Waals surface area contributed by atoms with Gasteiger partial charge in [0.25, 0.3) is 0 Å². The van der Waals surface area contributed by atoms with E-state index >= 15 is 0 Å². The summed E-state index contributed by atoms with van der Waals surface area (Å²) in [5.74, 6) is 0.797. The van der Waals surface area contributed by atoms with Gasteiger partial charge in [-0.15, -0.1) is 0 Å². The average molecular weight is 502 g/mol. The zero-order chi connectivity index (χ0) is 23.4. The summed E-state index contributed by atoms with van der Waals surface area (Å²) in [5.41, 5.74) is 0.858. The van der Waals surface area contributed by atoms with Crippen LogP contribution < -0.4 is 15.5 Å². The number of rotatable bonds is 7. The van der Waals surface area contributed by atoms with Gasteiger partial charge in [0.2, 0.25) is 11.9 Å². The van der Waals surface area contributed by atoms with Gasteiger partial charge in [-0.05, 0) is 45.1 Å². The van der Waals surface area contributed by atoms with E-state index in [1.807, 2.05) is 32.0 Å². The van der Waals surface area contributed by atoms with Crippen LogP contribution in [0.1, 0.15) is 24.9 Å². The van der Waals surface area contributed by atoms with Crippen molar-refractivity contribution in [2.45, 2.75) is 31.5 Å². The molecular weight excluding hydrogens is 475 g/mol. The Kier molecular flexibility index (Phi) is 8.41. The minimum atomic E-state index is -0.739. The highest BCUT2D eigenvalue weighted by Gasteiger charge is 2.30. The van der Waals surface area contributed by atoms with E-state index in [0.717, 1.165) is 5.56 Å². The van der Waals surface area contributed by atoms with Gasteiger partial charge < -0.3 is 25.5 Å². The second-order valence-corrected chi connectivity index (χ2v) is 9.36. The van der Waals surface area contributed by atoms with Crippen LogP contribution in [0.15, 0.2) is 24.4 Å². The van der Waals surface area contributed by atoms with Gasteiger partial charge >= 0.3 is 0 Å². The summed E-state index contributed by atoms with van der Waals surface area (Å²) in [4.78, 5) is 24.6. The fraction of sp³-hybridized carbons (Fsp3) is 0.476. The number of amides is 1. The normalized spacial score (nSPS) is 19.7. The highest BCUT2D eigenvalue weighted by atomic mass is 35.5. The molecule has 3 N–H and O–H groups in total. The summed E-state index contributed by atoms with van der Waals surface area (Å²) in [7, 11) is 3.65. The Balaban J connectivity index is 1.67. The number of β-amino-alcohol motifs (C(OH)–C–C–N with tert-alkyl or cyclic N) is 1. The number of likely N-dealkylation sites (N-methyl/N-ethyl adjacent to an activating group) is 1. The summed E-state index contributed by atoms with van der Waals surface area (Å²) in [6.45, 7) is 3.10. The van der Waals surface area contributed by atoms with E-state index in [1.165, 1.54) is 6.20 Å². The van der Waals surface area contributed by atoms with Gasteiger partial charge in [0.15, 0.2) is 5.82 Å². The number of halogens is 3. The fourth-order valence-corrected chi connectivity index (χ4v) is 4.29. The van der Waals surface area contributed by atoms with Gasteiger partial charge in [0.05, 0.1) is 30.9 Å². The number of anilines is 2. The van der Waals surface area contributed by atoms with Gasteiger partial charge in [0, 0.05) is 23.1 Å². The summed E-state index contributed by atoms with van der Waals surface area (Å²) in [5, 5.41) is 18.2. The van der Waals surface area contributed by atoms with E-state index in [-0.39, 0.29) is 24.5 Å². The number of aromatic nitrogens is 2. The van der Waals surface area contributed by atoms with Gasteiger partial charge in [-0.25, -0.2) is 4.98 Å². The molecule has 2 heterocycles. The molecule has 1 aromatic carbocycles. The lowest BCUT2D eigenvalue weighted by atomic mass is 10.0. The molecule has 0 saturated carbocycles. The first-order valence-electron chi connectivity index (χ1n) is 10.2. The lowest BCUT2D eigenvalue weighted by Gasteiger charge is -2.36. The first kappa shape index (κ1) is 24.8. The van der Waals surface area contributed by atoms with Crippen LogP contribution in [-0.4, -0.2) is 71.8 Å². The molecule has 0 radical (unpaired) electrons. The van der Waals surface area contributed by atoms with Crippen molar-refractivity contribution >= 4 is 52.5 Å². The Bertz CT molecular complexity index is 961. The predicted molar refractivity (Wildman–Crippen MR) is 129 cm³/mol. The predicted octanol–water partition coefficient (Wildman–Crippen LogP) is 3.23. The van der Waals surface area contributed by atoms with Gasteiger partial charge in [0.1, 0.15) is 5.02 Å². The van der Waals surface area contributed by atoms with Crippen molar-refractivity contribution in [2.24, 2.45) is 0 Å². The van der Waals surface area contributed by atoms with Gasteiger partial charge in [-0.1, -0.05) is 40.9 Å². The minimum absolute atomic E-state index is 0.114. The molecule has 174 valence electrons. The van der Waals surface area contributed by atoms with Crippen LogP contribution in [0.5, 0.6) is 0 Å². The minimum Gasteiger partial charge on any atom is -0.389 e. The first-order chi connectivity index (χ1) is 15.1. The number of benzene rings is 1. The van der Waals surface area contributed by atoms with E-state index in [9.17, 15) is 9.90 Å². The van der Waals surface area contributed by atoms with E-state index in [1.54, 1.807) is 17.0 Å². The number of carbonyl (C=O) groups is 1. The third-order valence-corrected chi connectivity index (χ3v) is 6.02. The third kappa shape index (κ3) is 6.36. The van der Waals surface area contributed by atoms with Crippen LogP contribution >= 0.6 is 34.8 Å². The number of hydrogen-bond donors (Lipinski definition) is 3. The molecule has 2 aromatic rings. The molecule has 1 aliphatic rings. The topological polar surface area (TPSA) is 93.6 Å². The molecule has 1 fully saturated rings. The van der Waals surface area contributed by atoms with Crippen molar-refractivity contribution in [3.63, 3.8) is 0 Å². The number of nitrogens with one attached hydrogen (secondary N) is 2. The van der Waals surface area contributed by atoms with Crippen molar-refractivity contribution in [1.82, 2.24) is 20.2 Å². The second kappa shape index (κ2) is 10.9. The number of piperidine rings is 1. The Labute approximate surface area is 202 Å². The van der Waals surface area contributed by atoms with E-state index in [2.05, 4.69) is 20.6 Å². The summed E-state index contributed by atoms with van der Waals surface area (Å²) in [6, 6.07) is 4.83. The summed E-state index contributed by atoms with van der Waals surface area (Å²) >= 11 is 18.6. The number of nitrogens with zero attached hydrogens (tertiary/aromatic N) is 4. The smallest absolute Gasteiger partial charge is 0.234 e. The molecule has 0 unspecified atom stereocenters.